The highest BCUT2D eigenvalue weighted by Crippen LogP contribution is 2.62. The number of phenols is 1. The number of benzene rings is 2. The van der Waals surface area contributed by atoms with Crippen LogP contribution in [0.5, 0.6) is 17.2 Å². The third-order valence-electron chi connectivity index (χ3n) is 12.6. The molecule has 274 valence electrons. The molecule has 2 unspecified atom stereocenters. The van der Waals surface area contributed by atoms with Gasteiger partial charge in [-0.2, -0.15) is 0 Å². The molecule has 6 fully saturated rings. The molecule has 2 aromatic carbocycles. The van der Waals surface area contributed by atoms with Crippen molar-refractivity contribution in [3.63, 3.8) is 0 Å². The van der Waals surface area contributed by atoms with Gasteiger partial charge in [0.05, 0.1) is 23.8 Å². The summed E-state index contributed by atoms with van der Waals surface area (Å²) in [5.74, 6) is -0.344. The van der Waals surface area contributed by atoms with Crippen LogP contribution in [0.25, 0.3) is 11.3 Å². The van der Waals surface area contributed by atoms with Gasteiger partial charge in [0.25, 0.3) is 11.8 Å². The number of carbonyl (C=O) groups is 5. The molecule has 4 aliphatic carbocycles. The minimum absolute atomic E-state index is 0.00447. The van der Waals surface area contributed by atoms with E-state index < -0.39 is 29.7 Å². The van der Waals surface area contributed by atoms with Crippen LogP contribution in [0.2, 0.25) is 0 Å². The van der Waals surface area contributed by atoms with Crippen LogP contribution in [0.15, 0.2) is 48.5 Å². The Balaban J connectivity index is 0.757. The lowest BCUT2D eigenvalue weighted by Crippen LogP contribution is -2.54. The SMILES string of the molecule is Nc1nnc(-c2ccccc2O)cc1OCC12CC(C1)C(C(=O)N1CCC3(CC1)CC(Oc1ccc4c(c1)C(=O)N(C1CCC(=O)NC1=O)C4=O)C3)C2. The molecule has 14 nitrogen and oxygen atoms in total. The highest BCUT2D eigenvalue weighted by molar-refractivity contribution is 6.23. The van der Waals surface area contributed by atoms with Gasteiger partial charge in [0.1, 0.15) is 23.2 Å². The maximum absolute atomic E-state index is 13.8. The van der Waals surface area contributed by atoms with Crippen molar-refractivity contribution in [1.82, 2.24) is 25.3 Å². The monoisotopic (exact) mass is 720 g/mol. The van der Waals surface area contributed by atoms with E-state index in [1.807, 2.05) is 11.0 Å². The lowest BCUT2D eigenvalue weighted by atomic mass is 9.61. The number of anilines is 1. The van der Waals surface area contributed by atoms with Gasteiger partial charge < -0.3 is 25.2 Å². The van der Waals surface area contributed by atoms with Gasteiger partial charge in [-0.25, -0.2) is 0 Å². The number of imide groups is 2. The lowest BCUT2D eigenvalue weighted by molar-refractivity contribution is -0.141. The van der Waals surface area contributed by atoms with Gasteiger partial charge in [0.2, 0.25) is 17.7 Å². The Morgan fingerprint density at radius 1 is 0.925 bits per heavy atom. The molecule has 0 radical (unpaired) electrons. The molecule has 2 bridgehead atoms. The van der Waals surface area contributed by atoms with Gasteiger partial charge in [0, 0.05) is 42.5 Å². The molecule has 1 spiro atoms. The molecule has 53 heavy (non-hydrogen) atoms. The predicted octanol–water partition coefficient (Wildman–Crippen LogP) is 3.48. The Kier molecular flexibility index (Phi) is 7.72. The first-order valence-electron chi connectivity index (χ1n) is 18.4. The number of likely N-dealkylation sites (tertiary alicyclic amines) is 1. The van der Waals surface area contributed by atoms with Gasteiger partial charge in [-0.15, -0.1) is 10.2 Å². The summed E-state index contributed by atoms with van der Waals surface area (Å²) < 4.78 is 12.5. The molecule has 5 amide bonds. The van der Waals surface area contributed by atoms with E-state index in [-0.39, 0.29) is 64.3 Å². The summed E-state index contributed by atoms with van der Waals surface area (Å²) in [6.45, 7) is 1.89. The van der Waals surface area contributed by atoms with Crippen molar-refractivity contribution in [2.75, 3.05) is 25.4 Å². The van der Waals surface area contributed by atoms with Crippen LogP contribution in [0.3, 0.4) is 0 Å². The van der Waals surface area contributed by atoms with Crippen molar-refractivity contribution in [2.24, 2.45) is 22.7 Å². The van der Waals surface area contributed by atoms with Crippen LogP contribution in [0, 0.1) is 22.7 Å². The van der Waals surface area contributed by atoms with Crippen LogP contribution in [-0.4, -0.2) is 86.5 Å². The second-order valence-electron chi connectivity index (χ2n) is 15.9. The number of nitrogens with two attached hydrogens (primary N) is 1. The highest BCUT2D eigenvalue weighted by Gasteiger charge is 2.59. The zero-order chi connectivity index (χ0) is 36.6. The molecule has 4 heterocycles. The second-order valence-corrected chi connectivity index (χ2v) is 15.9. The number of amides is 5. The Labute approximate surface area is 305 Å². The van der Waals surface area contributed by atoms with E-state index in [1.54, 1.807) is 42.5 Å². The second kappa shape index (κ2) is 12.3. The van der Waals surface area contributed by atoms with Crippen LogP contribution < -0.4 is 20.5 Å². The number of nitrogen functional groups attached to an aromatic ring is 1. The average molecular weight is 721 g/mol. The molecule has 4 N–H and O–H groups in total. The first kappa shape index (κ1) is 33.3. The van der Waals surface area contributed by atoms with E-state index in [9.17, 15) is 29.1 Å². The zero-order valence-electron chi connectivity index (χ0n) is 29.1. The minimum Gasteiger partial charge on any atom is -0.507 e. The number of rotatable bonds is 8. The summed E-state index contributed by atoms with van der Waals surface area (Å²) in [5.41, 5.74) is 7.59. The topological polar surface area (TPSA) is 194 Å². The van der Waals surface area contributed by atoms with E-state index >= 15 is 0 Å². The minimum atomic E-state index is -1.01. The number of hydrogen-bond acceptors (Lipinski definition) is 11. The summed E-state index contributed by atoms with van der Waals surface area (Å²) in [6, 6.07) is 12.4. The molecular formula is C39H40N6O8. The van der Waals surface area contributed by atoms with Gasteiger partial charge in [-0.1, -0.05) is 12.1 Å². The van der Waals surface area contributed by atoms with Crippen molar-refractivity contribution in [1.29, 1.82) is 0 Å². The maximum Gasteiger partial charge on any atom is 0.262 e. The van der Waals surface area contributed by atoms with Crippen molar-refractivity contribution < 1.29 is 38.6 Å². The van der Waals surface area contributed by atoms with E-state index in [4.69, 9.17) is 15.2 Å². The molecule has 10 rings (SSSR count). The molecule has 4 saturated carbocycles. The number of hydrogen-bond donors (Lipinski definition) is 3. The lowest BCUT2D eigenvalue weighted by Gasteiger charge is -2.52. The van der Waals surface area contributed by atoms with Crippen molar-refractivity contribution >= 4 is 35.4 Å². The summed E-state index contributed by atoms with van der Waals surface area (Å²) in [4.78, 5) is 67.0. The molecular weight excluding hydrogens is 680 g/mol. The number of ether oxygens (including phenoxy) is 2. The fourth-order valence-electron chi connectivity index (χ4n) is 9.70. The number of para-hydroxylation sites is 1. The third kappa shape index (κ3) is 5.66. The standard InChI is InChI=1S/C39H40N6O8/c40-33-31(14-28(42-43-33)25-3-1-2-4-30(25)46)52-20-39-15-21(16-39)27(19-39)35(49)44-11-9-38(10-12-44)17-23(18-38)53-22-5-6-24-26(13-22)37(51)45(36(24)50)29-7-8-32(47)41-34(29)48/h1-6,13-14,21,23,27,29,46H,7-12,15-20H2,(H2,40,43)(H,41,47,48). The fraction of sp³-hybridized carbons (Fsp3) is 0.462. The summed E-state index contributed by atoms with van der Waals surface area (Å²) in [5, 5.41) is 20.6. The van der Waals surface area contributed by atoms with E-state index in [2.05, 4.69) is 15.5 Å². The molecule has 1 aromatic heterocycles. The number of fused-ring (bicyclic) bond motifs is 2. The van der Waals surface area contributed by atoms with Crippen LogP contribution in [0.1, 0.15) is 78.5 Å². The van der Waals surface area contributed by atoms with Crippen LogP contribution in [-0.2, 0) is 14.4 Å². The smallest absolute Gasteiger partial charge is 0.262 e. The first-order valence-corrected chi connectivity index (χ1v) is 18.4. The third-order valence-corrected chi connectivity index (χ3v) is 12.6. The highest BCUT2D eigenvalue weighted by atomic mass is 16.5. The first-order chi connectivity index (χ1) is 25.5. The summed E-state index contributed by atoms with van der Waals surface area (Å²) in [7, 11) is 0. The molecule has 3 aliphatic heterocycles. The van der Waals surface area contributed by atoms with Gasteiger partial charge in [-0.3, -0.25) is 34.2 Å². The fourth-order valence-corrected chi connectivity index (χ4v) is 9.70. The zero-order valence-corrected chi connectivity index (χ0v) is 29.1. The van der Waals surface area contributed by atoms with Crippen molar-refractivity contribution in [3.05, 3.63) is 59.7 Å². The number of aromatic hydroxyl groups is 1. The number of piperidine rings is 2. The van der Waals surface area contributed by atoms with Gasteiger partial charge in [-0.05, 0) is 93.0 Å². The summed E-state index contributed by atoms with van der Waals surface area (Å²) in [6.07, 6.45) is 6.36. The predicted molar refractivity (Wildman–Crippen MR) is 187 cm³/mol. The normalized spacial score (nSPS) is 27.3. The largest absolute Gasteiger partial charge is 0.507 e. The van der Waals surface area contributed by atoms with E-state index in [0.29, 0.717) is 35.3 Å². The summed E-state index contributed by atoms with van der Waals surface area (Å²) >= 11 is 0. The number of nitrogens with zero attached hydrogens (tertiary/aromatic N) is 4. The molecule has 2 saturated heterocycles. The molecule has 14 heteroatoms. The Bertz CT molecular complexity index is 2060. The maximum atomic E-state index is 13.8. The van der Waals surface area contributed by atoms with Gasteiger partial charge in [0.15, 0.2) is 11.6 Å². The quantitative estimate of drug-likeness (QED) is 0.289. The number of phenolic OH excluding ortho intramolecular Hbond substituents is 1. The van der Waals surface area contributed by atoms with E-state index in [0.717, 1.165) is 62.9 Å². The van der Waals surface area contributed by atoms with Gasteiger partial charge >= 0.3 is 0 Å². The molecule has 7 aliphatic rings. The Hall–Kier alpha value is -5.53. The Morgan fingerprint density at radius 3 is 2.43 bits per heavy atom. The number of carbonyl (C=O) groups excluding carboxylic acids is 5. The number of nitrogens with one attached hydrogen (secondary N) is 1. The van der Waals surface area contributed by atoms with Crippen molar-refractivity contribution in [3.8, 4) is 28.5 Å². The number of aromatic nitrogens is 2. The van der Waals surface area contributed by atoms with Crippen molar-refractivity contribution in [2.45, 2.75) is 69.9 Å². The average Bonchev–Trinajstić information content (AvgIpc) is 3.75. The van der Waals surface area contributed by atoms with Crippen LogP contribution >= 0.6 is 0 Å². The molecule has 3 aromatic rings. The van der Waals surface area contributed by atoms with Crippen LogP contribution in [0.4, 0.5) is 5.82 Å². The van der Waals surface area contributed by atoms with E-state index in [1.165, 1.54) is 0 Å². The Morgan fingerprint density at radius 2 is 1.68 bits per heavy atom. The molecule has 2 atom stereocenters.